The summed E-state index contributed by atoms with van der Waals surface area (Å²) in [5.74, 6) is 1.59. The third-order valence-electron chi connectivity index (χ3n) is 4.72. The third kappa shape index (κ3) is 5.53. The zero-order valence-corrected chi connectivity index (χ0v) is 19.7. The van der Waals surface area contributed by atoms with Crippen LogP contribution >= 0.6 is 31.0 Å². The lowest BCUT2D eigenvalue weighted by molar-refractivity contribution is -0.113. The van der Waals surface area contributed by atoms with Crippen molar-refractivity contribution in [3.8, 4) is 0 Å². The van der Waals surface area contributed by atoms with Crippen molar-refractivity contribution >= 4 is 36.1 Å². The molecule has 0 spiro atoms. The van der Waals surface area contributed by atoms with Gasteiger partial charge in [0.1, 0.15) is 17.1 Å². The second-order valence-corrected chi connectivity index (χ2v) is 11.3. The Morgan fingerprint density at radius 1 is 1.52 bits per heavy atom. The topological polar surface area (TPSA) is 126 Å². The van der Waals surface area contributed by atoms with Gasteiger partial charge in [-0.15, -0.1) is 11.6 Å². The highest BCUT2D eigenvalue weighted by Gasteiger charge is 2.59. The number of carbonyl (C=O) groups is 1. The van der Waals surface area contributed by atoms with Crippen LogP contribution in [0.2, 0.25) is 0 Å². The zero-order chi connectivity index (χ0) is 22.8. The van der Waals surface area contributed by atoms with Gasteiger partial charge in [0.2, 0.25) is 0 Å². The lowest BCUT2D eigenvalue weighted by Crippen LogP contribution is -2.45. The second-order valence-electron chi connectivity index (χ2n) is 7.54. The summed E-state index contributed by atoms with van der Waals surface area (Å²) in [7, 11) is -3.67. The van der Waals surface area contributed by atoms with Crippen LogP contribution in [0.1, 0.15) is 27.0 Å². The SMILES string of the molecule is CC(C)C(=O)SCCOC=CP1(=O)OCC2OC(n3ccc(=O)[nH]c3=O)C(C)(Cl)C2O1. The lowest BCUT2D eigenvalue weighted by Gasteiger charge is -2.34. The normalized spacial score (nSPS) is 33.0. The first kappa shape index (κ1) is 24.3. The Morgan fingerprint density at radius 2 is 2.26 bits per heavy atom. The Kier molecular flexibility index (Phi) is 7.55. The number of carbonyl (C=O) groups excluding carboxylic acids is 1. The molecule has 172 valence electrons. The minimum absolute atomic E-state index is 0.0531. The molecule has 1 N–H and O–H groups in total. The summed E-state index contributed by atoms with van der Waals surface area (Å²) in [6.45, 7) is 5.42. The maximum atomic E-state index is 12.9. The number of nitrogens with one attached hydrogen (secondary N) is 1. The highest BCUT2D eigenvalue weighted by molar-refractivity contribution is 8.13. The molecule has 0 aliphatic carbocycles. The lowest BCUT2D eigenvalue weighted by atomic mass is 10.0. The molecule has 3 rings (SSSR count). The van der Waals surface area contributed by atoms with Gasteiger partial charge in [-0.1, -0.05) is 25.6 Å². The molecule has 0 saturated carbocycles. The van der Waals surface area contributed by atoms with Crippen LogP contribution in [0.3, 0.4) is 0 Å². The van der Waals surface area contributed by atoms with Crippen LogP contribution in [0.15, 0.2) is 33.9 Å². The first-order chi connectivity index (χ1) is 14.5. The van der Waals surface area contributed by atoms with E-state index in [1.54, 1.807) is 6.92 Å². The van der Waals surface area contributed by atoms with E-state index in [0.717, 1.165) is 4.57 Å². The highest BCUT2D eigenvalue weighted by atomic mass is 35.5. The van der Waals surface area contributed by atoms with Crippen LogP contribution in [-0.4, -0.2) is 50.7 Å². The Labute approximate surface area is 187 Å². The summed E-state index contributed by atoms with van der Waals surface area (Å²) in [5, 5.41) is 0.0733. The van der Waals surface area contributed by atoms with Gasteiger partial charge in [0.25, 0.3) is 5.56 Å². The Bertz CT molecular complexity index is 1010. The van der Waals surface area contributed by atoms with Crippen LogP contribution < -0.4 is 11.2 Å². The van der Waals surface area contributed by atoms with Gasteiger partial charge in [-0.2, -0.15) is 0 Å². The smallest absolute Gasteiger partial charge is 0.357 e. The van der Waals surface area contributed by atoms with Crippen LogP contribution in [0.25, 0.3) is 0 Å². The molecule has 0 aromatic carbocycles. The van der Waals surface area contributed by atoms with Gasteiger partial charge in [-0.25, -0.2) is 4.79 Å². The van der Waals surface area contributed by atoms with Crippen LogP contribution in [0.5, 0.6) is 0 Å². The van der Waals surface area contributed by atoms with Crippen LogP contribution in [-0.2, 0) is 27.9 Å². The minimum atomic E-state index is -3.67. The quantitative estimate of drug-likeness (QED) is 0.263. The molecular formula is C18H24ClN2O8PS. The molecule has 0 radical (unpaired) electrons. The number of hydrogen-bond donors (Lipinski definition) is 1. The molecule has 2 fully saturated rings. The molecule has 3 heterocycles. The number of nitrogens with zero attached hydrogens (tertiary/aromatic N) is 1. The fourth-order valence-corrected chi connectivity index (χ4v) is 5.70. The third-order valence-corrected chi connectivity index (χ3v) is 7.77. The predicted molar refractivity (Wildman–Crippen MR) is 115 cm³/mol. The van der Waals surface area contributed by atoms with Crippen molar-refractivity contribution in [1.82, 2.24) is 9.55 Å². The number of halogens is 1. The summed E-state index contributed by atoms with van der Waals surface area (Å²) < 4.78 is 36.2. The number of hydrogen-bond acceptors (Lipinski definition) is 9. The Morgan fingerprint density at radius 3 is 2.94 bits per heavy atom. The minimum Gasteiger partial charge on any atom is -0.500 e. The standard InChI is InChI=1S/C18H24ClN2O8PS/c1-11(2)15(23)31-9-7-26-6-8-30(25)27-10-12-14(29-30)18(3,19)16(28-12)21-5-4-13(22)20-17(21)24/h4-6,8,11-12,14,16H,7,9-10H2,1-3H3,(H,20,22,24). The number of thioether (sulfide) groups is 1. The first-order valence-corrected chi connectivity index (χ1v) is 12.6. The summed E-state index contributed by atoms with van der Waals surface area (Å²) >= 11 is 7.84. The van der Waals surface area contributed by atoms with Crippen molar-refractivity contribution < 1.29 is 27.9 Å². The van der Waals surface area contributed by atoms with Crippen molar-refractivity contribution in [2.24, 2.45) is 5.92 Å². The molecule has 2 aliphatic rings. The van der Waals surface area contributed by atoms with Gasteiger partial charge >= 0.3 is 13.3 Å². The molecule has 0 amide bonds. The summed E-state index contributed by atoms with van der Waals surface area (Å²) in [6, 6.07) is 1.18. The van der Waals surface area contributed by atoms with E-state index in [1.165, 1.54) is 36.1 Å². The van der Waals surface area contributed by atoms with Gasteiger partial charge in [-0.05, 0) is 6.92 Å². The number of aromatic nitrogens is 2. The molecule has 10 nitrogen and oxygen atoms in total. The van der Waals surface area contributed by atoms with E-state index >= 15 is 0 Å². The summed E-state index contributed by atoms with van der Waals surface area (Å²) in [5.41, 5.74) is -1.23. The van der Waals surface area contributed by atoms with E-state index in [0.29, 0.717) is 5.75 Å². The molecule has 2 saturated heterocycles. The van der Waals surface area contributed by atoms with Crippen molar-refractivity contribution in [1.29, 1.82) is 0 Å². The van der Waals surface area contributed by atoms with Gasteiger partial charge in [0.15, 0.2) is 11.3 Å². The number of ether oxygens (including phenoxy) is 2. The Hall–Kier alpha value is -1.36. The number of H-pyrrole nitrogens is 1. The largest absolute Gasteiger partial charge is 0.500 e. The molecule has 5 unspecified atom stereocenters. The number of aromatic amines is 1. The van der Waals surface area contributed by atoms with E-state index < -0.39 is 42.2 Å². The van der Waals surface area contributed by atoms with E-state index in [1.807, 2.05) is 13.8 Å². The number of alkyl halides is 1. The molecule has 1 aromatic rings. The van der Waals surface area contributed by atoms with E-state index in [9.17, 15) is 18.9 Å². The monoisotopic (exact) mass is 494 g/mol. The average molecular weight is 495 g/mol. The Balaban J connectivity index is 1.62. The fourth-order valence-electron chi connectivity index (χ4n) is 3.11. The van der Waals surface area contributed by atoms with E-state index in [-0.39, 0.29) is 24.2 Å². The van der Waals surface area contributed by atoms with Crippen molar-refractivity contribution in [3.05, 3.63) is 45.2 Å². The number of rotatable bonds is 7. The first-order valence-electron chi connectivity index (χ1n) is 9.58. The molecule has 13 heteroatoms. The average Bonchev–Trinajstić information content (AvgIpc) is 2.94. The van der Waals surface area contributed by atoms with Gasteiger partial charge < -0.3 is 14.0 Å². The van der Waals surface area contributed by atoms with Crippen molar-refractivity contribution in [2.45, 2.75) is 44.1 Å². The molecular weight excluding hydrogens is 471 g/mol. The molecule has 5 atom stereocenters. The number of fused-ring (bicyclic) bond motifs is 1. The highest BCUT2D eigenvalue weighted by Crippen LogP contribution is 2.60. The van der Waals surface area contributed by atoms with E-state index in [4.69, 9.17) is 30.1 Å². The van der Waals surface area contributed by atoms with Gasteiger partial charge in [-0.3, -0.25) is 28.2 Å². The summed E-state index contributed by atoms with van der Waals surface area (Å²) in [6.07, 6.45) is 0.00866. The maximum absolute atomic E-state index is 12.9. The molecule has 1 aromatic heterocycles. The molecule has 2 aliphatic heterocycles. The van der Waals surface area contributed by atoms with Gasteiger partial charge in [0.05, 0.1) is 25.3 Å². The molecule has 0 bridgehead atoms. The van der Waals surface area contributed by atoms with Crippen molar-refractivity contribution in [3.63, 3.8) is 0 Å². The van der Waals surface area contributed by atoms with Crippen molar-refractivity contribution in [2.75, 3.05) is 19.0 Å². The van der Waals surface area contributed by atoms with Crippen LogP contribution in [0.4, 0.5) is 0 Å². The zero-order valence-electron chi connectivity index (χ0n) is 17.2. The molecule has 31 heavy (non-hydrogen) atoms. The predicted octanol–water partition coefficient (Wildman–Crippen LogP) is 2.44. The maximum Gasteiger partial charge on any atom is 0.357 e. The fraction of sp³-hybridized carbons (Fsp3) is 0.611. The second kappa shape index (κ2) is 9.64. The van der Waals surface area contributed by atoms with E-state index in [2.05, 4.69) is 4.98 Å². The van der Waals surface area contributed by atoms with Crippen LogP contribution in [0, 0.1) is 5.92 Å². The van der Waals surface area contributed by atoms with Gasteiger partial charge in [0, 0.05) is 23.9 Å². The summed E-state index contributed by atoms with van der Waals surface area (Å²) in [4.78, 5) is 35.9.